The van der Waals surface area contributed by atoms with Crippen LogP contribution < -0.4 is 19.7 Å². The van der Waals surface area contributed by atoms with Gasteiger partial charge in [-0.15, -0.1) is 0 Å². The quantitative estimate of drug-likeness (QED) is 0.199. The molecule has 0 saturated heterocycles. The van der Waals surface area contributed by atoms with Crippen molar-refractivity contribution in [1.29, 1.82) is 0 Å². The van der Waals surface area contributed by atoms with Crippen molar-refractivity contribution in [2.24, 2.45) is 0 Å². The summed E-state index contributed by atoms with van der Waals surface area (Å²) >= 11 is 0. The number of para-hydroxylation sites is 2. The predicted molar refractivity (Wildman–Crippen MR) is 152 cm³/mol. The minimum atomic E-state index is -1.69. The van der Waals surface area contributed by atoms with Gasteiger partial charge in [0.2, 0.25) is 0 Å². The molecule has 0 saturated carbocycles. The average Bonchev–Trinajstić information content (AvgIpc) is 2.95. The lowest BCUT2D eigenvalue weighted by Crippen LogP contribution is -2.46. The number of carboxylic acids is 1. The molecule has 0 amide bonds. The molecular weight excluding hydrogens is 496 g/mol. The SMILES string of the molecule is CCOC(Cc1cccc(NCc2ccc(OCCCN3CCOc4ccccc43)cc2)c1)(OCC)C(=O)O. The minimum Gasteiger partial charge on any atom is -0.494 e. The molecule has 2 N–H and O–H groups in total. The van der Waals surface area contributed by atoms with Gasteiger partial charge in [0, 0.05) is 38.4 Å². The van der Waals surface area contributed by atoms with Crippen LogP contribution in [0.4, 0.5) is 11.4 Å². The number of rotatable bonds is 15. The molecule has 4 rings (SSSR count). The maximum Gasteiger partial charge on any atom is 0.364 e. The first kappa shape index (κ1) is 28.3. The summed E-state index contributed by atoms with van der Waals surface area (Å²) in [6, 6.07) is 23.9. The molecule has 1 heterocycles. The molecule has 0 aromatic heterocycles. The van der Waals surface area contributed by atoms with Crippen molar-refractivity contribution < 1.29 is 28.8 Å². The molecule has 0 fully saturated rings. The van der Waals surface area contributed by atoms with Gasteiger partial charge in [0.1, 0.15) is 18.1 Å². The molecule has 8 heteroatoms. The summed E-state index contributed by atoms with van der Waals surface area (Å²) in [5.74, 6) is -1.02. The summed E-state index contributed by atoms with van der Waals surface area (Å²) < 4.78 is 22.8. The van der Waals surface area contributed by atoms with E-state index in [-0.39, 0.29) is 19.6 Å². The molecule has 0 radical (unpaired) electrons. The van der Waals surface area contributed by atoms with E-state index in [1.807, 2.05) is 66.7 Å². The van der Waals surface area contributed by atoms with Gasteiger partial charge in [-0.05, 0) is 67.8 Å². The van der Waals surface area contributed by atoms with E-state index in [0.717, 1.165) is 53.5 Å². The number of carbonyl (C=O) groups is 1. The zero-order valence-electron chi connectivity index (χ0n) is 22.7. The minimum absolute atomic E-state index is 0.115. The smallest absolute Gasteiger partial charge is 0.364 e. The number of hydrogen-bond donors (Lipinski definition) is 2. The highest BCUT2D eigenvalue weighted by atomic mass is 16.7. The summed E-state index contributed by atoms with van der Waals surface area (Å²) in [7, 11) is 0. The lowest BCUT2D eigenvalue weighted by Gasteiger charge is -2.31. The molecule has 0 unspecified atom stereocenters. The van der Waals surface area contributed by atoms with Crippen LogP contribution >= 0.6 is 0 Å². The summed E-state index contributed by atoms with van der Waals surface area (Å²) in [5, 5.41) is 13.2. The van der Waals surface area contributed by atoms with Crippen molar-refractivity contribution >= 4 is 17.3 Å². The molecule has 0 spiro atoms. The molecule has 0 bridgehead atoms. The van der Waals surface area contributed by atoms with Gasteiger partial charge in [-0.2, -0.15) is 0 Å². The number of fused-ring (bicyclic) bond motifs is 1. The van der Waals surface area contributed by atoms with Crippen molar-refractivity contribution in [2.75, 3.05) is 49.7 Å². The van der Waals surface area contributed by atoms with E-state index in [2.05, 4.69) is 16.3 Å². The van der Waals surface area contributed by atoms with Gasteiger partial charge in [-0.3, -0.25) is 0 Å². The van der Waals surface area contributed by atoms with Gasteiger partial charge in [0.15, 0.2) is 0 Å². The Morgan fingerprint density at radius 1 is 1.00 bits per heavy atom. The fourth-order valence-electron chi connectivity index (χ4n) is 4.68. The number of benzene rings is 3. The molecular formula is C31H38N2O6. The van der Waals surface area contributed by atoms with Gasteiger partial charge in [0.05, 0.1) is 18.8 Å². The fourth-order valence-corrected chi connectivity index (χ4v) is 4.68. The second-order valence-electron chi connectivity index (χ2n) is 9.30. The van der Waals surface area contributed by atoms with Crippen molar-refractivity contribution in [3.05, 3.63) is 83.9 Å². The zero-order chi connectivity index (χ0) is 27.5. The molecule has 8 nitrogen and oxygen atoms in total. The Hall–Kier alpha value is -3.75. The molecule has 1 aliphatic heterocycles. The number of anilines is 2. The standard InChI is InChI=1S/C31H38N2O6/c1-3-38-31(30(34)35,39-4-2)22-25-9-7-10-26(21-25)32-23-24-13-15-27(16-14-24)36-19-8-17-33-18-20-37-29-12-6-5-11-28(29)33/h5-7,9-16,21,32H,3-4,8,17-20,22-23H2,1-2H3,(H,34,35). The number of aliphatic carboxylic acids is 1. The molecule has 39 heavy (non-hydrogen) atoms. The summed E-state index contributed by atoms with van der Waals surface area (Å²) in [6.07, 6.45) is 1.04. The predicted octanol–water partition coefficient (Wildman–Crippen LogP) is 5.36. The van der Waals surface area contributed by atoms with Gasteiger partial charge < -0.3 is 34.3 Å². The van der Waals surface area contributed by atoms with Crippen LogP contribution in [0.2, 0.25) is 0 Å². The summed E-state index contributed by atoms with van der Waals surface area (Å²) in [5.41, 5.74) is 3.97. The maximum atomic E-state index is 11.9. The van der Waals surface area contributed by atoms with Crippen LogP contribution in [0.25, 0.3) is 0 Å². The third-order valence-electron chi connectivity index (χ3n) is 6.53. The average molecular weight is 535 g/mol. The van der Waals surface area contributed by atoms with Crippen LogP contribution in [0.15, 0.2) is 72.8 Å². The summed E-state index contributed by atoms with van der Waals surface area (Å²) in [6.45, 7) is 7.79. The summed E-state index contributed by atoms with van der Waals surface area (Å²) in [4.78, 5) is 14.3. The zero-order valence-corrected chi connectivity index (χ0v) is 22.7. The molecule has 1 aliphatic rings. The van der Waals surface area contributed by atoms with Crippen LogP contribution in [0.3, 0.4) is 0 Å². The Labute approximate surface area is 230 Å². The van der Waals surface area contributed by atoms with Crippen molar-refractivity contribution in [2.45, 2.75) is 39.0 Å². The number of nitrogens with zero attached hydrogens (tertiary/aromatic N) is 1. The van der Waals surface area contributed by atoms with E-state index in [0.29, 0.717) is 19.8 Å². The molecule has 208 valence electrons. The topological polar surface area (TPSA) is 89.5 Å². The van der Waals surface area contributed by atoms with E-state index >= 15 is 0 Å². The van der Waals surface area contributed by atoms with E-state index < -0.39 is 11.8 Å². The van der Waals surface area contributed by atoms with E-state index in [4.69, 9.17) is 18.9 Å². The van der Waals surface area contributed by atoms with Crippen molar-refractivity contribution in [1.82, 2.24) is 0 Å². The van der Waals surface area contributed by atoms with E-state index in [9.17, 15) is 9.90 Å². The number of hydrogen-bond acceptors (Lipinski definition) is 7. The largest absolute Gasteiger partial charge is 0.494 e. The first-order chi connectivity index (χ1) is 19.0. The Bertz CT molecular complexity index is 1190. The van der Waals surface area contributed by atoms with Crippen LogP contribution in [-0.4, -0.2) is 56.4 Å². The Kier molecular flexibility index (Phi) is 10.1. The second-order valence-corrected chi connectivity index (χ2v) is 9.30. The highest BCUT2D eigenvalue weighted by molar-refractivity contribution is 5.76. The highest BCUT2D eigenvalue weighted by Gasteiger charge is 2.40. The van der Waals surface area contributed by atoms with Crippen LogP contribution in [-0.2, 0) is 27.2 Å². The van der Waals surface area contributed by atoms with Gasteiger partial charge in [-0.25, -0.2) is 4.79 Å². The third kappa shape index (κ3) is 7.65. The van der Waals surface area contributed by atoms with Crippen molar-refractivity contribution in [3.63, 3.8) is 0 Å². The van der Waals surface area contributed by atoms with Gasteiger partial charge >= 0.3 is 5.97 Å². The van der Waals surface area contributed by atoms with Crippen LogP contribution in [0.1, 0.15) is 31.4 Å². The Balaban J connectivity index is 1.24. The molecule has 3 aromatic carbocycles. The van der Waals surface area contributed by atoms with E-state index in [1.165, 1.54) is 0 Å². The second kappa shape index (κ2) is 13.9. The number of nitrogens with one attached hydrogen (secondary N) is 1. The lowest BCUT2D eigenvalue weighted by atomic mass is 10.0. The van der Waals surface area contributed by atoms with Gasteiger partial charge in [0.25, 0.3) is 5.79 Å². The molecule has 0 atom stereocenters. The van der Waals surface area contributed by atoms with Crippen LogP contribution in [0.5, 0.6) is 11.5 Å². The van der Waals surface area contributed by atoms with Crippen LogP contribution in [0, 0.1) is 0 Å². The lowest BCUT2D eigenvalue weighted by molar-refractivity contribution is -0.241. The molecule has 3 aromatic rings. The Morgan fingerprint density at radius 2 is 1.77 bits per heavy atom. The Morgan fingerprint density at radius 3 is 2.51 bits per heavy atom. The fraction of sp³-hybridized carbons (Fsp3) is 0.387. The first-order valence-corrected chi connectivity index (χ1v) is 13.6. The first-order valence-electron chi connectivity index (χ1n) is 13.6. The number of carboxylic acid groups (broad SMARTS) is 1. The normalized spacial score (nSPS) is 12.9. The molecule has 0 aliphatic carbocycles. The van der Waals surface area contributed by atoms with Crippen molar-refractivity contribution in [3.8, 4) is 11.5 Å². The monoisotopic (exact) mass is 534 g/mol. The maximum absolute atomic E-state index is 11.9. The van der Waals surface area contributed by atoms with E-state index in [1.54, 1.807) is 13.8 Å². The third-order valence-corrected chi connectivity index (χ3v) is 6.53. The highest BCUT2D eigenvalue weighted by Crippen LogP contribution is 2.31. The number of ether oxygens (including phenoxy) is 4. The van der Waals surface area contributed by atoms with Gasteiger partial charge in [-0.1, -0.05) is 36.4 Å².